The van der Waals surface area contributed by atoms with Gasteiger partial charge in [0.25, 0.3) is 0 Å². The standard InChI is InChI=1S/C11H23NO2/c1-4-5-8(2)7-14-10-6-9(12)11(10)13-3/h8-11H,4-7,12H2,1-3H3. The zero-order valence-electron chi connectivity index (χ0n) is 9.53. The summed E-state index contributed by atoms with van der Waals surface area (Å²) in [6.45, 7) is 5.27. The molecule has 0 amide bonds. The average molecular weight is 201 g/mol. The molecule has 0 aromatic rings. The van der Waals surface area contributed by atoms with Gasteiger partial charge in [-0.15, -0.1) is 0 Å². The molecule has 4 unspecified atom stereocenters. The maximum atomic E-state index is 5.78. The first-order valence-electron chi connectivity index (χ1n) is 5.59. The van der Waals surface area contributed by atoms with Crippen LogP contribution in [0.3, 0.4) is 0 Å². The summed E-state index contributed by atoms with van der Waals surface area (Å²) < 4.78 is 11.0. The molecule has 1 aliphatic rings. The van der Waals surface area contributed by atoms with Gasteiger partial charge in [-0.05, 0) is 18.8 Å². The molecule has 84 valence electrons. The fourth-order valence-electron chi connectivity index (χ4n) is 1.97. The van der Waals surface area contributed by atoms with Crippen LogP contribution in [0, 0.1) is 5.92 Å². The van der Waals surface area contributed by atoms with Crippen LogP contribution in [0.15, 0.2) is 0 Å². The summed E-state index contributed by atoms with van der Waals surface area (Å²) in [6.07, 6.45) is 3.74. The van der Waals surface area contributed by atoms with Gasteiger partial charge in [-0.2, -0.15) is 0 Å². The summed E-state index contributed by atoms with van der Waals surface area (Å²) >= 11 is 0. The van der Waals surface area contributed by atoms with Crippen LogP contribution >= 0.6 is 0 Å². The second kappa shape index (κ2) is 5.69. The molecule has 1 saturated carbocycles. The van der Waals surface area contributed by atoms with E-state index in [1.54, 1.807) is 7.11 Å². The molecule has 0 heterocycles. The van der Waals surface area contributed by atoms with Crippen molar-refractivity contribution in [2.75, 3.05) is 13.7 Å². The Morgan fingerprint density at radius 2 is 2.21 bits per heavy atom. The molecule has 1 fully saturated rings. The van der Waals surface area contributed by atoms with Crippen molar-refractivity contribution in [3.63, 3.8) is 0 Å². The highest BCUT2D eigenvalue weighted by Gasteiger charge is 2.39. The van der Waals surface area contributed by atoms with Crippen molar-refractivity contribution in [2.24, 2.45) is 11.7 Å². The highest BCUT2D eigenvalue weighted by Crippen LogP contribution is 2.25. The molecule has 2 N–H and O–H groups in total. The van der Waals surface area contributed by atoms with E-state index < -0.39 is 0 Å². The van der Waals surface area contributed by atoms with Crippen LogP contribution in [-0.2, 0) is 9.47 Å². The van der Waals surface area contributed by atoms with Crippen molar-refractivity contribution >= 4 is 0 Å². The zero-order chi connectivity index (χ0) is 10.6. The van der Waals surface area contributed by atoms with Gasteiger partial charge < -0.3 is 15.2 Å². The Labute approximate surface area is 86.9 Å². The molecule has 4 atom stereocenters. The first-order chi connectivity index (χ1) is 6.69. The first kappa shape index (κ1) is 12.0. The third-order valence-corrected chi connectivity index (χ3v) is 2.94. The van der Waals surface area contributed by atoms with Gasteiger partial charge in [0.2, 0.25) is 0 Å². The van der Waals surface area contributed by atoms with E-state index in [1.807, 2.05) is 0 Å². The lowest BCUT2D eigenvalue weighted by Gasteiger charge is -2.41. The lowest BCUT2D eigenvalue weighted by molar-refractivity contribution is -0.131. The number of nitrogens with two attached hydrogens (primary N) is 1. The second-order valence-electron chi connectivity index (χ2n) is 4.37. The number of rotatable bonds is 6. The third-order valence-electron chi connectivity index (χ3n) is 2.94. The largest absolute Gasteiger partial charge is 0.377 e. The van der Waals surface area contributed by atoms with Crippen LogP contribution in [0.25, 0.3) is 0 Å². The maximum absolute atomic E-state index is 5.78. The topological polar surface area (TPSA) is 44.5 Å². The van der Waals surface area contributed by atoms with Crippen LogP contribution in [0.5, 0.6) is 0 Å². The molecule has 0 aromatic heterocycles. The molecule has 0 radical (unpaired) electrons. The van der Waals surface area contributed by atoms with E-state index in [0.717, 1.165) is 13.0 Å². The predicted molar refractivity (Wildman–Crippen MR) is 57.2 cm³/mol. The van der Waals surface area contributed by atoms with Gasteiger partial charge in [-0.25, -0.2) is 0 Å². The zero-order valence-corrected chi connectivity index (χ0v) is 9.53. The van der Waals surface area contributed by atoms with Crippen LogP contribution in [-0.4, -0.2) is 32.0 Å². The van der Waals surface area contributed by atoms with Gasteiger partial charge in [0, 0.05) is 19.8 Å². The van der Waals surface area contributed by atoms with E-state index >= 15 is 0 Å². The van der Waals surface area contributed by atoms with Gasteiger partial charge >= 0.3 is 0 Å². The minimum Gasteiger partial charge on any atom is -0.377 e. The molecule has 0 aliphatic heterocycles. The summed E-state index contributed by atoms with van der Waals surface area (Å²) in [5.74, 6) is 0.648. The summed E-state index contributed by atoms with van der Waals surface area (Å²) in [7, 11) is 1.70. The van der Waals surface area contributed by atoms with E-state index in [-0.39, 0.29) is 18.2 Å². The normalized spacial score (nSPS) is 33.9. The Bertz CT molecular complexity index is 163. The molecule has 3 heteroatoms. The van der Waals surface area contributed by atoms with Gasteiger partial charge in [0.1, 0.15) is 0 Å². The second-order valence-corrected chi connectivity index (χ2v) is 4.37. The van der Waals surface area contributed by atoms with Gasteiger partial charge in [0.05, 0.1) is 12.2 Å². The molecule has 0 bridgehead atoms. The van der Waals surface area contributed by atoms with E-state index in [2.05, 4.69) is 13.8 Å². The summed E-state index contributed by atoms with van der Waals surface area (Å²) in [5.41, 5.74) is 5.78. The summed E-state index contributed by atoms with van der Waals surface area (Å²) in [6, 6.07) is 0.173. The predicted octanol–water partition coefficient (Wildman–Crippen LogP) is 1.55. The van der Waals surface area contributed by atoms with Gasteiger partial charge in [0.15, 0.2) is 0 Å². The minimum absolute atomic E-state index is 0.115. The van der Waals surface area contributed by atoms with E-state index in [4.69, 9.17) is 15.2 Å². The van der Waals surface area contributed by atoms with Crippen LogP contribution in [0.1, 0.15) is 33.1 Å². The molecule has 1 rings (SSSR count). The van der Waals surface area contributed by atoms with Crippen LogP contribution < -0.4 is 5.73 Å². The van der Waals surface area contributed by atoms with Crippen molar-refractivity contribution in [3.8, 4) is 0 Å². The van der Waals surface area contributed by atoms with Crippen LogP contribution in [0.4, 0.5) is 0 Å². The quantitative estimate of drug-likeness (QED) is 0.709. The average Bonchev–Trinajstić information content (AvgIpc) is 2.13. The van der Waals surface area contributed by atoms with Crippen molar-refractivity contribution in [3.05, 3.63) is 0 Å². The van der Waals surface area contributed by atoms with Crippen LogP contribution in [0.2, 0.25) is 0 Å². The Morgan fingerprint density at radius 1 is 1.50 bits per heavy atom. The monoisotopic (exact) mass is 201 g/mol. The molecule has 0 spiro atoms. The van der Waals surface area contributed by atoms with E-state index in [9.17, 15) is 0 Å². The van der Waals surface area contributed by atoms with Crippen molar-refractivity contribution in [2.45, 2.75) is 51.4 Å². The van der Waals surface area contributed by atoms with Crippen molar-refractivity contribution in [1.82, 2.24) is 0 Å². The third kappa shape index (κ3) is 2.94. The SMILES string of the molecule is CCCC(C)COC1CC(N)C1OC. The molecule has 1 aliphatic carbocycles. The number of methoxy groups -OCH3 is 1. The lowest BCUT2D eigenvalue weighted by atomic mass is 9.86. The first-order valence-corrected chi connectivity index (χ1v) is 5.59. The van der Waals surface area contributed by atoms with E-state index in [1.165, 1.54) is 12.8 Å². The maximum Gasteiger partial charge on any atom is 0.0984 e. The number of ether oxygens (including phenoxy) is 2. The Balaban J connectivity index is 2.13. The lowest BCUT2D eigenvalue weighted by Crippen LogP contribution is -2.58. The van der Waals surface area contributed by atoms with Crippen molar-refractivity contribution < 1.29 is 9.47 Å². The smallest absolute Gasteiger partial charge is 0.0984 e. The molecule has 14 heavy (non-hydrogen) atoms. The van der Waals surface area contributed by atoms with Crippen molar-refractivity contribution in [1.29, 1.82) is 0 Å². The Hall–Kier alpha value is -0.120. The number of hydrogen-bond donors (Lipinski definition) is 1. The number of hydrogen-bond acceptors (Lipinski definition) is 3. The van der Waals surface area contributed by atoms with Gasteiger partial charge in [-0.1, -0.05) is 20.3 Å². The minimum atomic E-state index is 0.115. The van der Waals surface area contributed by atoms with Gasteiger partial charge in [-0.3, -0.25) is 0 Å². The fourth-order valence-corrected chi connectivity index (χ4v) is 1.97. The molecule has 0 aromatic carbocycles. The molecular weight excluding hydrogens is 178 g/mol. The molecule has 3 nitrogen and oxygen atoms in total. The molecular formula is C11H23NO2. The Morgan fingerprint density at radius 3 is 2.71 bits per heavy atom. The molecule has 0 saturated heterocycles. The fraction of sp³-hybridized carbons (Fsp3) is 1.00. The van der Waals surface area contributed by atoms with E-state index in [0.29, 0.717) is 5.92 Å². The highest BCUT2D eigenvalue weighted by atomic mass is 16.5. The summed E-state index contributed by atoms with van der Waals surface area (Å²) in [5, 5.41) is 0. The highest BCUT2D eigenvalue weighted by molar-refractivity contribution is 4.94. The summed E-state index contributed by atoms with van der Waals surface area (Å²) in [4.78, 5) is 0. The Kier molecular flexibility index (Phi) is 4.85.